The van der Waals surface area contributed by atoms with Crippen LogP contribution in [0.5, 0.6) is 0 Å². The average Bonchev–Trinajstić information content (AvgIpc) is 2.82. The Balaban J connectivity index is 2.00. The smallest absolute Gasteiger partial charge is 0.352 e. The van der Waals surface area contributed by atoms with Gasteiger partial charge in [0.15, 0.2) is 5.82 Å². The highest BCUT2D eigenvalue weighted by molar-refractivity contribution is 5.78. The number of aromatic nitrogens is 2. The zero-order valence-electron chi connectivity index (χ0n) is 14.0. The molecule has 1 aromatic carbocycles. The van der Waals surface area contributed by atoms with E-state index in [0.29, 0.717) is 18.2 Å². The van der Waals surface area contributed by atoms with Crippen molar-refractivity contribution in [1.29, 1.82) is 0 Å². The molecule has 0 unspecified atom stereocenters. The second-order valence-electron chi connectivity index (χ2n) is 6.96. The van der Waals surface area contributed by atoms with Crippen LogP contribution in [0.3, 0.4) is 0 Å². The van der Waals surface area contributed by atoms with Gasteiger partial charge in [-0.2, -0.15) is 13.2 Å². The Morgan fingerprint density at radius 2 is 1.67 bits per heavy atom. The van der Waals surface area contributed by atoms with Crippen molar-refractivity contribution in [3.8, 4) is 0 Å². The first-order valence-corrected chi connectivity index (χ1v) is 7.61. The van der Waals surface area contributed by atoms with Crippen LogP contribution in [0.15, 0.2) is 30.5 Å². The molecule has 128 valence electrons. The molecular formula is C17H19F3N4. The minimum absolute atomic E-state index is 0.206. The predicted molar refractivity (Wildman–Crippen MR) is 87.6 cm³/mol. The van der Waals surface area contributed by atoms with Crippen LogP contribution in [-0.4, -0.2) is 23.7 Å². The van der Waals surface area contributed by atoms with Crippen molar-refractivity contribution < 1.29 is 13.2 Å². The molecule has 4 nitrogen and oxygen atoms in total. The van der Waals surface area contributed by atoms with Crippen LogP contribution in [0.1, 0.15) is 32.2 Å². The molecule has 1 aliphatic rings. The molecule has 0 bridgehead atoms. The molecule has 0 radical (unpaired) electrons. The van der Waals surface area contributed by atoms with Crippen molar-refractivity contribution in [2.24, 2.45) is 0 Å². The first-order chi connectivity index (χ1) is 11.1. The minimum Gasteiger partial charge on any atom is -0.352 e. The molecule has 0 saturated carbocycles. The quantitative estimate of drug-likeness (QED) is 0.775. The zero-order chi connectivity index (χ0) is 17.7. The normalized spacial score (nSPS) is 15.0. The molecule has 0 atom stereocenters. The van der Waals surface area contributed by atoms with Crippen LogP contribution in [0.2, 0.25) is 0 Å². The highest BCUT2D eigenvalue weighted by Gasteiger charge is 2.32. The summed E-state index contributed by atoms with van der Waals surface area (Å²) in [5.74, 6) is 1.42. The highest BCUT2D eigenvalue weighted by Crippen LogP contribution is 2.39. The van der Waals surface area contributed by atoms with Gasteiger partial charge in [0.05, 0.1) is 18.4 Å². The minimum atomic E-state index is -4.33. The number of anilines is 3. The molecule has 1 aliphatic heterocycles. The summed E-state index contributed by atoms with van der Waals surface area (Å²) in [7, 11) is 1.91. The molecular weight excluding hydrogens is 317 g/mol. The lowest BCUT2D eigenvalue weighted by atomic mass is 9.96. The third-order valence-electron chi connectivity index (χ3n) is 3.95. The van der Waals surface area contributed by atoms with Gasteiger partial charge in [0, 0.05) is 18.2 Å². The molecule has 0 aliphatic carbocycles. The topological polar surface area (TPSA) is 32.3 Å². The summed E-state index contributed by atoms with van der Waals surface area (Å²) in [5, 5.41) is 0. The fourth-order valence-electron chi connectivity index (χ4n) is 2.59. The van der Waals surface area contributed by atoms with E-state index >= 15 is 0 Å². The van der Waals surface area contributed by atoms with E-state index in [1.165, 1.54) is 12.1 Å². The lowest BCUT2D eigenvalue weighted by Crippen LogP contribution is -2.24. The Morgan fingerprint density at radius 1 is 1.04 bits per heavy atom. The molecule has 0 saturated heterocycles. The van der Waals surface area contributed by atoms with Gasteiger partial charge >= 0.3 is 6.18 Å². The van der Waals surface area contributed by atoms with Crippen molar-refractivity contribution in [3.05, 3.63) is 41.9 Å². The summed E-state index contributed by atoms with van der Waals surface area (Å²) >= 11 is 0. The third-order valence-corrected chi connectivity index (χ3v) is 3.95. The maximum atomic E-state index is 12.7. The molecule has 7 heteroatoms. The van der Waals surface area contributed by atoms with Crippen LogP contribution in [0, 0.1) is 0 Å². The maximum absolute atomic E-state index is 12.7. The van der Waals surface area contributed by atoms with Gasteiger partial charge in [-0.3, -0.25) is 0 Å². The molecule has 2 heterocycles. The maximum Gasteiger partial charge on any atom is 0.416 e. The summed E-state index contributed by atoms with van der Waals surface area (Å²) in [6.07, 6.45) is -2.56. The van der Waals surface area contributed by atoms with Crippen molar-refractivity contribution in [3.63, 3.8) is 0 Å². The number of benzene rings is 1. The number of halogens is 3. The van der Waals surface area contributed by atoms with E-state index in [1.54, 1.807) is 6.20 Å². The predicted octanol–water partition coefficient (Wildman–Crippen LogP) is 4.34. The van der Waals surface area contributed by atoms with Crippen molar-refractivity contribution in [2.75, 3.05) is 23.5 Å². The Labute approximate surface area is 138 Å². The monoisotopic (exact) mass is 336 g/mol. The third kappa shape index (κ3) is 2.90. The fourth-order valence-corrected chi connectivity index (χ4v) is 2.59. The molecule has 0 amide bonds. The summed E-state index contributed by atoms with van der Waals surface area (Å²) in [5.41, 5.74) is 0.675. The van der Waals surface area contributed by atoms with Crippen molar-refractivity contribution >= 4 is 17.2 Å². The van der Waals surface area contributed by atoms with Gasteiger partial charge in [-0.25, -0.2) is 9.97 Å². The number of hydrogen-bond donors (Lipinski definition) is 0. The van der Waals surface area contributed by atoms with Gasteiger partial charge in [-0.05, 0) is 24.3 Å². The number of alkyl halides is 3. The Morgan fingerprint density at radius 3 is 2.21 bits per heavy atom. The second kappa shape index (κ2) is 5.36. The van der Waals surface area contributed by atoms with Crippen LogP contribution in [0.25, 0.3) is 0 Å². The number of fused-ring (bicyclic) bond motifs is 1. The van der Waals surface area contributed by atoms with E-state index in [-0.39, 0.29) is 5.41 Å². The Hall–Kier alpha value is -2.31. The van der Waals surface area contributed by atoms with Crippen LogP contribution in [-0.2, 0) is 11.6 Å². The van der Waals surface area contributed by atoms with E-state index in [4.69, 9.17) is 0 Å². The van der Waals surface area contributed by atoms with Crippen LogP contribution in [0.4, 0.5) is 30.4 Å². The van der Waals surface area contributed by atoms with E-state index in [0.717, 1.165) is 23.6 Å². The standard InChI is InChI=1S/C17H19F3N4/c1-16(2,3)15-21-9-13-14(22-15)24(10-23(13)4)12-7-5-11(6-8-12)17(18,19)20/h5-9H,10H2,1-4H3. The number of rotatable bonds is 1. The Kier molecular flexibility index (Phi) is 3.69. The van der Waals surface area contributed by atoms with Crippen molar-refractivity contribution in [1.82, 2.24) is 9.97 Å². The molecule has 0 N–H and O–H groups in total. The van der Waals surface area contributed by atoms with Gasteiger partial charge in [0.2, 0.25) is 0 Å². The van der Waals surface area contributed by atoms with Gasteiger partial charge in [-0.15, -0.1) is 0 Å². The fraction of sp³-hybridized carbons (Fsp3) is 0.412. The lowest BCUT2D eigenvalue weighted by Gasteiger charge is -2.21. The first kappa shape index (κ1) is 16.5. The Bertz CT molecular complexity index is 748. The summed E-state index contributed by atoms with van der Waals surface area (Å²) < 4.78 is 38.2. The number of hydrogen-bond acceptors (Lipinski definition) is 4. The number of nitrogens with zero attached hydrogens (tertiary/aromatic N) is 4. The van der Waals surface area contributed by atoms with Crippen LogP contribution < -0.4 is 9.80 Å². The molecule has 0 fully saturated rings. The highest BCUT2D eigenvalue weighted by atomic mass is 19.4. The summed E-state index contributed by atoms with van der Waals surface area (Å²) in [6.45, 7) is 6.59. The van der Waals surface area contributed by atoms with E-state index in [9.17, 15) is 13.2 Å². The summed E-state index contributed by atoms with van der Waals surface area (Å²) in [4.78, 5) is 12.9. The molecule has 0 spiro atoms. The molecule has 1 aromatic heterocycles. The van der Waals surface area contributed by atoms with Crippen molar-refractivity contribution in [2.45, 2.75) is 32.4 Å². The van der Waals surface area contributed by atoms with E-state index < -0.39 is 11.7 Å². The van der Waals surface area contributed by atoms with Gasteiger partial charge in [0.1, 0.15) is 11.5 Å². The zero-order valence-corrected chi connectivity index (χ0v) is 14.0. The largest absolute Gasteiger partial charge is 0.416 e. The SMILES string of the molecule is CN1CN(c2ccc(C(F)(F)F)cc2)c2nc(C(C)(C)C)ncc21. The second-order valence-corrected chi connectivity index (χ2v) is 6.96. The average molecular weight is 336 g/mol. The van der Waals surface area contributed by atoms with Gasteiger partial charge < -0.3 is 9.80 Å². The van der Waals surface area contributed by atoms with E-state index in [1.807, 2.05) is 37.6 Å². The molecule has 2 aromatic rings. The molecule has 24 heavy (non-hydrogen) atoms. The van der Waals surface area contributed by atoms with Crippen LogP contribution >= 0.6 is 0 Å². The summed E-state index contributed by atoms with van der Waals surface area (Å²) in [6, 6.07) is 5.15. The van der Waals surface area contributed by atoms with Gasteiger partial charge in [-0.1, -0.05) is 20.8 Å². The lowest BCUT2D eigenvalue weighted by molar-refractivity contribution is -0.137. The van der Waals surface area contributed by atoms with E-state index in [2.05, 4.69) is 9.97 Å². The van der Waals surface area contributed by atoms with Gasteiger partial charge in [0.25, 0.3) is 0 Å². The first-order valence-electron chi connectivity index (χ1n) is 7.61. The molecule has 3 rings (SSSR count).